The van der Waals surface area contributed by atoms with Crippen LogP contribution >= 0.6 is 24.0 Å². The van der Waals surface area contributed by atoms with Gasteiger partial charge < -0.3 is 11.1 Å². The van der Waals surface area contributed by atoms with E-state index in [0.29, 0.717) is 31.0 Å². The minimum absolute atomic E-state index is 0. The van der Waals surface area contributed by atoms with Crippen LogP contribution in [-0.4, -0.2) is 12.5 Å². The molecule has 0 unspecified atom stereocenters. The smallest absolute Gasteiger partial charge is 0.220 e. The number of amides is 1. The van der Waals surface area contributed by atoms with E-state index < -0.39 is 0 Å². The Morgan fingerprint density at radius 2 is 2.06 bits per heavy atom. The quantitative estimate of drug-likeness (QED) is 0.854. The van der Waals surface area contributed by atoms with Crippen LogP contribution in [0, 0.1) is 0 Å². The van der Waals surface area contributed by atoms with Crippen LogP contribution in [0.25, 0.3) is 0 Å². The molecule has 0 aliphatic rings. The summed E-state index contributed by atoms with van der Waals surface area (Å²) in [6.07, 6.45) is 1.19. The van der Waals surface area contributed by atoms with Gasteiger partial charge in [-0.2, -0.15) is 0 Å². The first-order chi connectivity index (χ1) is 7.24. The van der Waals surface area contributed by atoms with Crippen LogP contribution < -0.4 is 11.1 Å². The SMILES string of the molecule is Cl.NCCCC(=O)NCc1ccccc1Cl. The number of benzene rings is 1. The topological polar surface area (TPSA) is 55.1 Å². The number of carbonyl (C=O) groups excluding carboxylic acids is 1. The van der Waals surface area contributed by atoms with E-state index in [1.807, 2.05) is 24.3 Å². The Labute approximate surface area is 107 Å². The summed E-state index contributed by atoms with van der Waals surface area (Å²) in [5, 5.41) is 3.47. The van der Waals surface area contributed by atoms with Gasteiger partial charge in [-0.1, -0.05) is 29.8 Å². The first-order valence-corrected chi connectivity index (χ1v) is 5.32. The summed E-state index contributed by atoms with van der Waals surface area (Å²) >= 11 is 5.94. The van der Waals surface area contributed by atoms with E-state index in [4.69, 9.17) is 17.3 Å². The summed E-state index contributed by atoms with van der Waals surface area (Å²) in [6.45, 7) is 1.02. The van der Waals surface area contributed by atoms with E-state index in [1.165, 1.54) is 0 Å². The minimum Gasteiger partial charge on any atom is -0.352 e. The molecule has 0 saturated carbocycles. The largest absolute Gasteiger partial charge is 0.352 e. The van der Waals surface area contributed by atoms with Gasteiger partial charge in [0.05, 0.1) is 0 Å². The molecule has 0 saturated heterocycles. The van der Waals surface area contributed by atoms with Crippen molar-refractivity contribution < 1.29 is 4.79 Å². The third-order valence-corrected chi connectivity index (χ3v) is 2.41. The van der Waals surface area contributed by atoms with Gasteiger partial charge in [-0.25, -0.2) is 0 Å². The monoisotopic (exact) mass is 262 g/mol. The average molecular weight is 263 g/mol. The average Bonchev–Trinajstić information content (AvgIpc) is 2.25. The number of rotatable bonds is 5. The lowest BCUT2D eigenvalue weighted by Crippen LogP contribution is -2.23. The Morgan fingerprint density at radius 1 is 1.38 bits per heavy atom. The fraction of sp³-hybridized carbons (Fsp3) is 0.364. The molecule has 0 bridgehead atoms. The van der Waals surface area contributed by atoms with Crippen molar-refractivity contribution in [3.05, 3.63) is 34.9 Å². The molecule has 0 spiro atoms. The Kier molecular flexibility index (Phi) is 7.99. The predicted octanol–water partition coefficient (Wildman–Crippen LogP) is 2.12. The third-order valence-electron chi connectivity index (χ3n) is 2.04. The molecule has 16 heavy (non-hydrogen) atoms. The predicted molar refractivity (Wildman–Crippen MR) is 68.8 cm³/mol. The molecule has 3 N–H and O–H groups in total. The Balaban J connectivity index is 0.00000225. The van der Waals surface area contributed by atoms with Crippen molar-refractivity contribution in [3.8, 4) is 0 Å². The molecule has 0 atom stereocenters. The molecule has 0 radical (unpaired) electrons. The lowest BCUT2D eigenvalue weighted by molar-refractivity contribution is -0.121. The van der Waals surface area contributed by atoms with Crippen molar-refractivity contribution >= 4 is 29.9 Å². The van der Waals surface area contributed by atoms with Gasteiger partial charge in [-0.3, -0.25) is 4.79 Å². The summed E-state index contributed by atoms with van der Waals surface area (Å²) in [5.74, 6) is 0.0142. The van der Waals surface area contributed by atoms with Gasteiger partial charge in [-0.15, -0.1) is 12.4 Å². The molecule has 1 aromatic carbocycles. The number of nitrogens with one attached hydrogen (secondary N) is 1. The summed E-state index contributed by atoms with van der Waals surface area (Å²) in [4.78, 5) is 11.3. The van der Waals surface area contributed by atoms with Crippen molar-refractivity contribution in [2.45, 2.75) is 19.4 Å². The van der Waals surface area contributed by atoms with Gasteiger partial charge in [0.25, 0.3) is 0 Å². The zero-order valence-electron chi connectivity index (χ0n) is 8.91. The molecular formula is C11H16Cl2N2O. The highest BCUT2D eigenvalue weighted by atomic mass is 35.5. The van der Waals surface area contributed by atoms with Crippen molar-refractivity contribution in [2.75, 3.05) is 6.54 Å². The summed E-state index contributed by atoms with van der Waals surface area (Å²) in [6, 6.07) is 7.46. The molecular weight excluding hydrogens is 247 g/mol. The molecule has 0 aromatic heterocycles. The molecule has 1 rings (SSSR count). The van der Waals surface area contributed by atoms with Gasteiger partial charge >= 0.3 is 0 Å². The van der Waals surface area contributed by atoms with Gasteiger partial charge in [0.1, 0.15) is 0 Å². The van der Waals surface area contributed by atoms with Crippen LogP contribution in [0.3, 0.4) is 0 Å². The minimum atomic E-state index is 0. The van der Waals surface area contributed by atoms with E-state index >= 15 is 0 Å². The lowest BCUT2D eigenvalue weighted by Gasteiger charge is -2.06. The highest BCUT2D eigenvalue weighted by molar-refractivity contribution is 6.31. The third kappa shape index (κ3) is 5.35. The summed E-state index contributed by atoms with van der Waals surface area (Å²) in [5.41, 5.74) is 6.24. The van der Waals surface area contributed by atoms with E-state index in [-0.39, 0.29) is 18.3 Å². The van der Waals surface area contributed by atoms with Crippen LogP contribution in [0.15, 0.2) is 24.3 Å². The fourth-order valence-corrected chi connectivity index (χ4v) is 1.39. The molecule has 0 aliphatic carbocycles. The maximum absolute atomic E-state index is 11.3. The van der Waals surface area contributed by atoms with Gasteiger partial charge in [0.15, 0.2) is 0 Å². The number of halogens is 2. The molecule has 1 amide bonds. The lowest BCUT2D eigenvalue weighted by atomic mass is 10.2. The van der Waals surface area contributed by atoms with E-state index in [9.17, 15) is 4.79 Å². The Bertz CT molecular complexity index is 332. The second kappa shape index (κ2) is 8.39. The molecule has 3 nitrogen and oxygen atoms in total. The molecule has 5 heteroatoms. The van der Waals surface area contributed by atoms with E-state index in [0.717, 1.165) is 5.56 Å². The normalized spacial score (nSPS) is 9.38. The van der Waals surface area contributed by atoms with Crippen LogP contribution in [0.4, 0.5) is 0 Å². The number of hydrogen-bond donors (Lipinski definition) is 2. The molecule has 0 aliphatic heterocycles. The highest BCUT2D eigenvalue weighted by Gasteiger charge is 2.02. The first kappa shape index (κ1) is 15.2. The van der Waals surface area contributed by atoms with Crippen molar-refractivity contribution in [3.63, 3.8) is 0 Å². The van der Waals surface area contributed by atoms with Crippen molar-refractivity contribution in [2.24, 2.45) is 5.73 Å². The zero-order chi connectivity index (χ0) is 11.1. The molecule has 0 heterocycles. The van der Waals surface area contributed by atoms with Gasteiger partial charge in [0.2, 0.25) is 5.91 Å². The Morgan fingerprint density at radius 3 is 2.69 bits per heavy atom. The van der Waals surface area contributed by atoms with Crippen LogP contribution in [0.1, 0.15) is 18.4 Å². The van der Waals surface area contributed by atoms with E-state index in [2.05, 4.69) is 5.32 Å². The number of hydrogen-bond acceptors (Lipinski definition) is 2. The van der Waals surface area contributed by atoms with Crippen molar-refractivity contribution in [1.82, 2.24) is 5.32 Å². The van der Waals surface area contributed by atoms with Gasteiger partial charge in [-0.05, 0) is 24.6 Å². The number of carbonyl (C=O) groups is 1. The highest BCUT2D eigenvalue weighted by Crippen LogP contribution is 2.14. The standard InChI is InChI=1S/C11H15ClN2O.ClH/c12-10-5-2-1-4-9(10)8-14-11(15)6-3-7-13;/h1-2,4-5H,3,6-8,13H2,(H,14,15);1H. The van der Waals surface area contributed by atoms with Crippen LogP contribution in [-0.2, 0) is 11.3 Å². The van der Waals surface area contributed by atoms with Crippen molar-refractivity contribution in [1.29, 1.82) is 0 Å². The zero-order valence-corrected chi connectivity index (χ0v) is 10.5. The molecule has 1 aromatic rings. The Hall–Kier alpha value is -0.770. The van der Waals surface area contributed by atoms with E-state index in [1.54, 1.807) is 0 Å². The summed E-state index contributed by atoms with van der Waals surface area (Å²) < 4.78 is 0. The van der Waals surface area contributed by atoms with Crippen LogP contribution in [0.2, 0.25) is 5.02 Å². The van der Waals surface area contributed by atoms with Crippen LogP contribution in [0.5, 0.6) is 0 Å². The molecule has 0 fully saturated rings. The fourth-order valence-electron chi connectivity index (χ4n) is 1.19. The maximum Gasteiger partial charge on any atom is 0.220 e. The number of nitrogens with two attached hydrogens (primary N) is 1. The second-order valence-corrected chi connectivity index (χ2v) is 3.67. The van der Waals surface area contributed by atoms with Gasteiger partial charge in [0, 0.05) is 18.0 Å². The summed E-state index contributed by atoms with van der Waals surface area (Å²) in [7, 11) is 0. The second-order valence-electron chi connectivity index (χ2n) is 3.26. The first-order valence-electron chi connectivity index (χ1n) is 4.94. The maximum atomic E-state index is 11.3. The molecule has 90 valence electrons.